The van der Waals surface area contributed by atoms with E-state index in [0.29, 0.717) is 38.3 Å². The summed E-state index contributed by atoms with van der Waals surface area (Å²) in [7, 11) is 0. The Labute approximate surface area is 202 Å². The van der Waals surface area contributed by atoms with Crippen molar-refractivity contribution in [2.24, 2.45) is 0 Å². The van der Waals surface area contributed by atoms with Crippen molar-refractivity contribution in [3.05, 3.63) is 82.3 Å². The topological polar surface area (TPSA) is 58.4 Å². The Bertz CT molecular complexity index is 1310. The third kappa shape index (κ3) is 5.38. The highest BCUT2D eigenvalue weighted by Gasteiger charge is 2.11. The predicted octanol–water partition coefficient (Wildman–Crippen LogP) is 7.30. The number of anilines is 2. The summed E-state index contributed by atoms with van der Waals surface area (Å²) < 4.78 is 5.92. The average Bonchev–Trinajstić information content (AvgIpc) is 3.23. The predicted molar refractivity (Wildman–Crippen MR) is 137 cm³/mol. The summed E-state index contributed by atoms with van der Waals surface area (Å²) in [6.45, 7) is 6.18. The van der Waals surface area contributed by atoms with E-state index in [1.54, 1.807) is 42.5 Å². The molecule has 0 unspecified atom stereocenters. The molecule has 1 amide bonds. The average molecular weight is 480 g/mol. The molecule has 168 valence electrons. The standard InChI is InChI=1S/C26H23Cl2N3O2/c1-3-31(4-2)21-11-6-18(7-12-21)26-30-23-16-20(10-13-24(23)33-26)29-25(32)14-8-17-5-9-19(27)15-22(17)28/h5-16H,3-4H2,1-2H3,(H,29,32)/b14-8+. The number of amides is 1. The number of oxazole rings is 1. The number of carbonyl (C=O) groups excluding carboxylic acids is 1. The van der Waals surface area contributed by atoms with Crippen molar-refractivity contribution in [3.63, 3.8) is 0 Å². The molecule has 0 spiro atoms. The van der Waals surface area contributed by atoms with Gasteiger partial charge in [-0.3, -0.25) is 4.79 Å². The lowest BCUT2D eigenvalue weighted by atomic mass is 10.2. The Kier molecular flexibility index (Phi) is 7.02. The SMILES string of the molecule is CCN(CC)c1ccc(-c2nc3cc(NC(=O)/C=C/c4ccc(Cl)cc4Cl)ccc3o2)cc1. The highest BCUT2D eigenvalue weighted by Crippen LogP contribution is 2.28. The van der Waals surface area contributed by atoms with Crippen LogP contribution in [0.25, 0.3) is 28.6 Å². The van der Waals surface area contributed by atoms with Crippen molar-refractivity contribution in [2.75, 3.05) is 23.3 Å². The molecule has 0 saturated heterocycles. The van der Waals surface area contributed by atoms with Gasteiger partial charge < -0.3 is 14.6 Å². The van der Waals surface area contributed by atoms with Crippen LogP contribution in [0.5, 0.6) is 0 Å². The zero-order chi connectivity index (χ0) is 23.4. The molecule has 0 saturated carbocycles. The molecule has 33 heavy (non-hydrogen) atoms. The van der Waals surface area contributed by atoms with Crippen molar-refractivity contribution in [3.8, 4) is 11.5 Å². The summed E-state index contributed by atoms with van der Waals surface area (Å²) in [5.74, 6) is 0.257. The summed E-state index contributed by atoms with van der Waals surface area (Å²) >= 11 is 12.0. The first-order chi connectivity index (χ1) is 16.0. The van der Waals surface area contributed by atoms with E-state index >= 15 is 0 Å². The normalized spacial score (nSPS) is 11.3. The number of hydrogen-bond donors (Lipinski definition) is 1. The smallest absolute Gasteiger partial charge is 0.248 e. The van der Waals surface area contributed by atoms with Gasteiger partial charge in [0.15, 0.2) is 5.58 Å². The second kappa shape index (κ2) is 10.1. The van der Waals surface area contributed by atoms with Crippen LogP contribution in [-0.2, 0) is 4.79 Å². The van der Waals surface area contributed by atoms with Gasteiger partial charge >= 0.3 is 0 Å². The van der Waals surface area contributed by atoms with E-state index in [1.165, 1.54) is 6.08 Å². The quantitative estimate of drug-likeness (QED) is 0.282. The second-order valence-corrected chi connectivity index (χ2v) is 8.25. The first-order valence-corrected chi connectivity index (χ1v) is 11.4. The molecule has 0 fully saturated rings. The summed E-state index contributed by atoms with van der Waals surface area (Å²) in [5.41, 5.74) is 4.71. The van der Waals surface area contributed by atoms with Gasteiger partial charge in [0, 0.05) is 46.1 Å². The maximum Gasteiger partial charge on any atom is 0.248 e. The van der Waals surface area contributed by atoms with Gasteiger partial charge in [-0.05, 0) is 80.1 Å². The van der Waals surface area contributed by atoms with Crippen molar-refractivity contribution < 1.29 is 9.21 Å². The number of halogens is 2. The van der Waals surface area contributed by atoms with Crippen LogP contribution in [0.3, 0.4) is 0 Å². The van der Waals surface area contributed by atoms with E-state index in [-0.39, 0.29) is 5.91 Å². The minimum Gasteiger partial charge on any atom is -0.436 e. The van der Waals surface area contributed by atoms with E-state index in [4.69, 9.17) is 27.6 Å². The van der Waals surface area contributed by atoms with Crippen LogP contribution in [0.15, 0.2) is 71.2 Å². The molecule has 4 rings (SSSR count). The van der Waals surface area contributed by atoms with Crippen LogP contribution in [0.4, 0.5) is 11.4 Å². The van der Waals surface area contributed by atoms with Crippen LogP contribution in [0.1, 0.15) is 19.4 Å². The van der Waals surface area contributed by atoms with Gasteiger partial charge in [-0.2, -0.15) is 0 Å². The summed E-state index contributed by atoms with van der Waals surface area (Å²) in [6, 6.07) is 18.6. The number of rotatable bonds is 7. The molecule has 0 atom stereocenters. The monoisotopic (exact) mass is 479 g/mol. The van der Waals surface area contributed by atoms with Crippen LogP contribution in [-0.4, -0.2) is 24.0 Å². The fraction of sp³-hybridized carbons (Fsp3) is 0.154. The van der Waals surface area contributed by atoms with Gasteiger partial charge in [-0.1, -0.05) is 29.3 Å². The van der Waals surface area contributed by atoms with Gasteiger partial charge in [-0.25, -0.2) is 4.98 Å². The molecule has 0 radical (unpaired) electrons. The number of benzene rings is 3. The van der Waals surface area contributed by atoms with Crippen molar-refractivity contribution in [1.82, 2.24) is 4.98 Å². The lowest BCUT2D eigenvalue weighted by Gasteiger charge is -2.20. The molecule has 0 aliphatic heterocycles. The molecule has 3 aromatic carbocycles. The molecule has 4 aromatic rings. The molecular weight excluding hydrogens is 457 g/mol. The van der Waals surface area contributed by atoms with Crippen LogP contribution in [0, 0.1) is 0 Å². The maximum atomic E-state index is 12.3. The first-order valence-electron chi connectivity index (χ1n) is 10.7. The molecule has 0 aliphatic rings. The number of aromatic nitrogens is 1. The van der Waals surface area contributed by atoms with E-state index in [0.717, 1.165) is 24.3 Å². The highest BCUT2D eigenvalue weighted by molar-refractivity contribution is 6.35. The van der Waals surface area contributed by atoms with E-state index in [9.17, 15) is 4.79 Å². The van der Waals surface area contributed by atoms with E-state index in [1.807, 2.05) is 12.1 Å². The zero-order valence-electron chi connectivity index (χ0n) is 18.3. The second-order valence-electron chi connectivity index (χ2n) is 7.41. The van der Waals surface area contributed by atoms with Gasteiger partial charge in [0.1, 0.15) is 5.52 Å². The fourth-order valence-corrected chi connectivity index (χ4v) is 3.99. The van der Waals surface area contributed by atoms with Crippen molar-refractivity contribution in [1.29, 1.82) is 0 Å². The van der Waals surface area contributed by atoms with Crippen LogP contribution < -0.4 is 10.2 Å². The highest BCUT2D eigenvalue weighted by atomic mass is 35.5. The number of hydrogen-bond acceptors (Lipinski definition) is 4. The van der Waals surface area contributed by atoms with E-state index in [2.05, 4.69) is 41.2 Å². The van der Waals surface area contributed by atoms with Gasteiger partial charge in [-0.15, -0.1) is 0 Å². The molecule has 1 aromatic heterocycles. The molecule has 5 nitrogen and oxygen atoms in total. The van der Waals surface area contributed by atoms with Gasteiger partial charge in [0.2, 0.25) is 11.8 Å². The Morgan fingerprint density at radius 1 is 1.03 bits per heavy atom. The Hall–Kier alpha value is -3.28. The first kappa shape index (κ1) is 22.9. The Balaban J connectivity index is 1.48. The Morgan fingerprint density at radius 3 is 2.48 bits per heavy atom. The van der Waals surface area contributed by atoms with Crippen molar-refractivity contribution >= 4 is 57.7 Å². The van der Waals surface area contributed by atoms with E-state index < -0.39 is 0 Å². The minimum absolute atomic E-state index is 0.281. The number of nitrogens with one attached hydrogen (secondary N) is 1. The molecule has 1 heterocycles. The molecule has 0 bridgehead atoms. The number of carbonyl (C=O) groups is 1. The van der Waals surface area contributed by atoms with Crippen LogP contribution >= 0.6 is 23.2 Å². The Morgan fingerprint density at radius 2 is 1.79 bits per heavy atom. The molecule has 1 N–H and O–H groups in total. The minimum atomic E-state index is -0.281. The third-order valence-electron chi connectivity index (χ3n) is 5.27. The number of fused-ring (bicyclic) bond motifs is 1. The summed E-state index contributed by atoms with van der Waals surface area (Å²) in [6.07, 6.45) is 3.06. The lowest BCUT2D eigenvalue weighted by molar-refractivity contribution is -0.111. The third-order valence-corrected chi connectivity index (χ3v) is 5.84. The maximum absolute atomic E-state index is 12.3. The zero-order valence-corrected chi connectivity index (χ0v) is 19.8. The van der Waals surface area contributed by atoms with Gasteiger partial charge in [0.25, 0.3) is 0 Å². The van der Waals surface area contributed by atoms with Gasteiger partial charge in [0.05, 0.1) is 0 Å². The number of nitrogens with zero attached hydrogens (tertiary/aromatic N) is 2. The lowest BCUT2D eigenvalue weighted by Crippen LogP contribution is -2.21. The van der Waals surface area contributed by atoms with Crippen molar-refractivity contribution in [2.45, 2.75) is 13.8 Å². The van der Waals surface area contributed by atoms with Crippen LogP contribution in [0.2, 0.25) is 10.0 Å². The molecule has 7 heteroatoms. The summed E-state index contributed by atoms with van der Waals surface area (Å²) in [4.78, 5) is 19.2. The molecule has 0 aliphatic carbocycles. The molecular formula is C26H23Cl2N3O2. The summed E-state index contributed by atoms with van der Waals surface area (Å²) in [5, 5.41) is 3.86. The fourth-order valence-electron chi connectivity index (χ4n) is 3.52. The largest absolute Gasteiger partial charge is 0.436 e.